The number of ketones is 1. The molecule has 2 aliphatic heterocycles. The van der Waals surface area contributed by atoms with Gasteiger partial charge in [-0.15, -0.1) is 0 Å². The van der Waals surface area contributed by atoms with Gasteiger partial charge in [0.15, 0.2) is 5.69 Å². The fourth-order valence-corrected chi connectivity index (χ4v) is 3.35. The number of hydrogen-bond acceptors (Lipinski definition) is 10. The number of methoxy groups -OCH3 is 2. The average Bonchev–Trinajstić information content (AvgIpc) is 3.32. The van der Waals surface area contributed by atoms with Crippen molar-refractivity contribution in [3.63, 3.8) is 0 Å². The summed E-state index contributed by atoms with van der Waals surface area (Å²) in [5, 5.41) is 3.89. The lowest BCUT2D eigenvalue weighted by Gasteiger charge is -2.16. The van der Waals surface area contributed by atoms with E-state index in [1.54, 1.807) is 18.2 Å². The van der Waals surface area contributed by atoms with Crippen LogP contribution in [0.2, 0.25) is 0 Å². The summed E-state index contributed by atoms with van der Waals surface area (Å²) in [6.07, 6.45) is 2.46. The van der Waals surface area contributed by atoms with Crippen molar-refractivity contribution < 1.29 is 28.7 Å². The van der Waals surface area contributed by atoms with Gasteiger partial charge < -0.3 is 9.47 Å². The van der Waals surface area contributed by atoms with E-state index in [1.807, 2.05) is 0 Å². The van der Waals surface area contributed by atoms with E-state index in [9.17, 15) is 19.2 Å². The number of anilines is 1. The first-order valence-electron chi connectivity index (χ1n) is 8.77. The second kappa shape index (κ2) is 7.35. The number of carbonyl (C=O) groups excluding carboxylic acids is 4. The highest BCUT2D eigenvalue weighted by atomic mass is 16.5. The largest absolute Gasteiger partial charge is 0.497 e. The van der Waals surface area contributed by atoms with Gasteiger partial charge in [-0.3, -0.25) is 19.8 Å². The highest BCUT2D eigenvalue weighted by Gasteiger charge is 2.55. The Bertz CT molecular complexity index is 1110. The molecular formula is C19H15N5O6. The minimum absolute atomic E-state index is 0.227. The molecule has 11 nitrogen and oxygen atoms in total. The molecule has 0 bridgehead atoms. The van der Waals surface area contributed by atoms with Crippen LogP contribution in [0.25, 0.3) is 0 Å². The van der Waals surface area contributed by atoms with Crippen molar-refractivity contribution in [2.45, 2.75) is 6.04 Å². The number of hydrogen-bond donors (Lipinski definition) is 1. The van der Waals surface area contributed by atoms with Crippen LogP contribution in [-0.2, 0) is 14.3 Å². The van der Waals surface area contributed by atoms with Crippen LogP contribution >= 0.6 is 0 Å². The van der Waals surface area contributed by atoms with E-state index in [0.717, 1.165) is 12.0 Å². The number of ether oxygens (including phenoxy) is 2. The Morgan fingerprint density at radius 2 is 1.80 bits per heavy atom. The number of aromatic nitrogens is 2. The molecular weight excluding hydrogens is 394 g/mol. The highest BCUT2D eigenvalue weighted by Crippen LogP contribution is 2.32. The standard InChI is InChI=1S/C19H15N5O6/c1-29-10-5-3-4-9(8-10)24-17(26)11-12(22-23-13(11)18(24)27)16(25)14-15(19(28)30-2)21-7-6-20-14/h3-8,11,13,23H,1-2H3/t11-,13+/m0/s1. The van der Waals surface area contributed by atoms with Crippen molar-refractivity contribution >= 4 is 35.0 Å². The molecule has 0 saturated carbocycles. The van der Waals surface area contributed by atoms with E-state index in [4.69, 9.17) is 4.74 Å². The molecule has 2 aliphatic rings. The second-order valence-corrected chi connectivity index (χ2v) is 6.37. The normalized spacial score (nSPS) is 19.8. The minimum atomic E-state index is -1.16. The predicted molar refractivity (Wildman–Crippen MR) is 101 cm³/mol. The molecule has 0 unspecified atom stereocenters. The Hall–Kier alpha value is -4.15. The monoisotopic (exact) mass is 409 g/mol. The number of Topliss-reactive ketones (excluding diaryl/α,β-unsaturated/α-hetero) is 1. The minimum Gasteiger partial charge on any atom is -0.497 e. The van der Waals surface area contributed by atoms with Gasteiger partial charge in [-0.05, 0) is 12.1 Å². The number of carbonyl (C=O) groups is 4. The Balaban J connectivity index is 1.68. The van der Waals surface area contributed by atoms with Crippen molar-refractivity contribution in [3.8, 4) is 5.75 Å². The van der Waals surface area contributed by atoms with Crippen LogP contribution in [0, 0.1) is 5.92 Å². The second-order valence-electron chi connectivity index (χ2n) is 6.37. The molecule has 0 radical (unpaired) electrons. The highest BCUT2D eigenvalue weighted by molar-refractivity contribution is 6.53. The van der Waals surface area contributed by atoms with Gasteiger partial charge in [0.1, 0.15) is 29.1 Å². The van der Waals surface area contributed by atoms with Gasteiger partial charge >= 0.3 is 5.97 Å². The maximum Gasteiger partial charge on any atom is 0.359 e. The number of rotatable bonds is 5. The maximum atomic E-state index is 13.1. The molecule has 1 N–H and O–H groups in total. The molecule has 30 heavy (non-hydrogen) atoms. The number of imide groups is 1. The zero-order valence-corrected chi connectivity index (χ0v) is 15.9. The lowest BCUT2D eigenvalue weighted by atomic mass is 9.94. The molecule has 2 amide bonds. The number of nitrogens with zero attached hydrogens (tertiary/aromatic N) is 4. The third-order valence-electron chi connectivity index (χ3n) is 4.76. The fraction of sp³-hybridized carbons (Fsp3) is 0.211. The van der Waals surface area contributed by atoms with Crippen molar-refractivity contribution in [1.82, 2.24) is 15.4 Å². The summed E-state index contributed by atoms with van der Waals surface area (Å²) in [4.78, 5) is 59.6. The molecule has 1 saturated heterocycles. The molecule has 2 aromatic rings. The van der Waals surface area contributed by atoms with Gasteiger partial charge in [0.2, 0.25) is 11.7 Å². The first kappa shape index (κ1) is 19.2. The molecule has 152 valence electrons. The number of fused-ring (bicyclic) bond motifs is 1. The maximum absolute atomic E-state index is 13.1. The Morgan fingerprint density at radius 1 is 1.07 bits per heavy atom. The predicted octanol–water partition coefficient (Wildman–Crippen LogP) is -0.0281. The van der Waals surface area contributed by atoms with E-state index in [0.29, 0.717) is 11.4 Å². The van der Waals surface area contributed by atoms with Crippen LogP contribution in [0.5, 0.6) is 5.75 Å². The van der Waals surface area contributed by atoms with E-state index < -0.39 is 35.5 Å². The SMILES string of the molecule is COC(=O)c1nccnc1C(=O)C1=NN[C@H]2C(=O)N(c3cccc(OC)c3)C(=O)[C@@H]12. The molecule has 11 heteroatoms. The number of hydrazone groups is 1. The van der Waals surface area contributed by atoms with E-state index in [1.165, 1.54) is 25.6 Å². The number of nitrogens with one attached hydrogen (secondary N) is 1. The molecule has 0 aliphatic carbocycles. The zero-order chi connectivity index (χ0) is 21.4. The van der Waals surface area contributed by atoms with Gasteiger partial charge in [-0.1, -0.05) is 6.07 Å². The van der Waals surface area contributed by atoms with Crippen LogP contribution in [0.3, 0.4) is 0 Å². The molecule has 0 spiro atoms. The van der Waals surface area contributed by atoms with Crippen LogP contribution in [-0.4, -0.2) is 59.5 Å². The fourth-order valence-electron chi connectivity index (χ4n) is 3.35. The molecule has 4 rings (SSSR count). The van der Waals surface area contributed by atoms with E-state index in [2.05, 4.69) is 25.2 Å². The molecule has 1 aromatic heterocycles. The van der Waals surface area contributed by atoms with Gasteiger partial charge in [0.25, 0.3) is 5.91 Å². The first-order valence-corrected chi connectivity index (χ1v) is 8.77. The van der Waals surface area contributed by atoms with Crippen LogP contribution in [0.15, 0.2) is 41.8 Å². The Labute approximate surface area is 169 Å². The Morgan fingerprint density at radius 3 is 2.50 bits per heavy atom. The number of amides is 2. The smallest absolute Gasteiger partial charge is 0.359 e. The molecule has 1 aromatic carbocycles. The van der Waals surface area contributed by atoms with Crippen LogP contribution in [0.4, 0.5) is 5.69 Å². The topological polar surface area (TPSA) is 140 Å². The summed E-state index contributed by atoms with van der Waals surface area (Å²) >= 11 is 0. The summed E-state index contributed by atoms with van der Waals surface area (Å²) in [6.45, 7) is 0. The molecule has 1 fully saturated rings. The Kier molecular flexibility index (Phi) is 4.70. The number of benzene rings is 1. The molecule has 2 atom stereocenters. The molecule has 3 heterocycles. The quantitative estimate of drug-likeness (QED) is 0.409. The lowest BCUT2D eigenvalue weighted by molar-refractivity contribution is -0.122. The van der Waals surface area contributed by atoms with Crippen molar-refractivity contribution in [2.24, 2.45) is 11.0 Å². The first-order chi connectivity index (χ1) is 14.5. The van der Waals surface area contributed by atoms with Gasteiger partial charge in [0.05, 0.1) is 19.9 Å². The van der Waals surface area contributed by atoms with Crippen molar-refractivity contribution in [3.05, 3.63) is 48.0 Å². The summed E-state index contributed by atoms with van der Waals surface area (Å²) in [6, 6.07) is 5.38. The summed E-state index contributed by atoms with van der Waals surface area (Å²) in [5.41, 5.74) is 2.01. The summed E-state index contributed by atoms with van der Waals surface area (Å²) < 4.78 is 9.76. The van der Waals surface area contributed by atoms with Crippen LogP contribution < -0.4 is 15.1 Å². The van der Waals surface area contributed by atoms with E-state index in [-0.39, 0.29) is 17.1 Å². The van der Waals surface area contributed by atoms with Crippen molar-refractivity contribution in [1.29, 1.82) is 0 Å². The number of esters is 1. The average molecular weight is 409 g/mol. The van der Waals surface area contributed by atoms with Gasteiger partial charge in [-0.2, -0.15) is 5.10 Å². The zero-order valence-electron chi connectivity index (χ0n) is 15.9. The van der Waals surface area contributed by atoms with E-state index >= 15 is 0 Å². The van der Waals surface area contributed by atoms with Gasteiger partial charge in [-0.25, -0.2) is 19.7 Å². The summed E-state index contributed by atoms with van der Waals surface area (Å²) in [7, 11) is 2.60. The lowest BCUT2D eigenvalue weighted by Crippen LogP contribution is -2.36. The third-order valence-corrected chi connectivity index (χ3v) is 4.76. The van der Waals surface area contributed by atoms with Crippen molar-refractivity contribution in [2.75, 3.05) is 19.1 Å². The third kappa shape index (κ3) is 2.87. The summed E-state index contributed by atoms with van der Waals surface area (Å²) in [5.74, 6) is -3.54. The van der Waals surface area contributed by atoms with Crippen LogP contribution in [0.1, 0.15) is 21.0 Å². The van der Waals surface area contributed by atoms with Gasteiger partial charge in [0, 0.05) is 18.5 Å².